The maximum absolute atomic E-state index is 3.42. The fourth-order valence-electron chi connectivity index (χ4n) is 0.712. The minimum Gasteiger partial charge on any atom is -0.132 e. The SMILES string of the molecule is Cc1ccc(B(Br)Br)cc1. The molecule has 1 aromatic rings. The fourth-order valence-corrected chi connectivity index (χ4v) is 1.32. The lowest BCUT2D eigenvalue weighted by Gasteiger charge is -1.97. The van der Waals surface area contributed by atoms with Crippen LogP contribution < -0.4 is 5.46 Å². The molecule has 0 saturated carbocycles. The first-order chi connectivity index (χ1) is 4.70. The Morgan fingerprint density at radius 2 is 1.60 bits per heavy atom. The smallest absolute Gasteiger partial charge is 0.132 e. The molecule has 0 atom stereocenters. The van der Waals surface area contributed by atoms with Gasteiger partial charge in [0.05, 0.1) is 0 Å². The van der Waals surface area contributed by atoms with Crippen molar-refractivity contribution >= 4 is 41.3 Å². The number of benzene rings is 1. The number of rotatable bonds is 1. The highest BCUT2D eigenvalue weighted by Gasteiger charge is 2.05. The molecule has 0 unspecified atom stereocenters. The van der Waals surface area contributed by atoms with Crippen LogP contribution >= 0.6 is 31.5 Å². The van der Waals surface area contributed by atoms with E-state index in [1.807, 2.05) is 0 Å². The second-order valence-corrected chi connectivity index (χ2v) is 5.27. The third-order valence-corrected chi connectivity index (χ3v) is 2.39. The van der Waals surface area contributed by atoms with E-state index in [0.29, 0.717) is 0 Å². The Labute approximate surface area is 78.0 Å². The predicted molar refractivity (Wildman–Crippen MR) is 54.4 cm³/mol. The van der Waals surface area contributed by atoms with Crippen molar-refractivity contribution in [3.63, 3.8) is 0 Å². The lowest BCUT2D eigenvalue weighted by Crippen LogP contribution is -2.15. The van der Waals surface area contributed by atoms with Crippen molar-refractivity contribution in [2.45, 2.75) is 6.92 Å². The normalized spacial score (nSPS) is 9.50. The highest BCUT2D eigenvalue weighted by Crippen LogP contribution is 2.03. The summed E-state index contributed by atoms with van der Waals surface area (Å²) >= 11 is 6.85. The second-order valence-electron chi connectivity index (χ2n) is 2.21. The van der Waals surface area contributed by atoms with Crippen LogP contribution in [0.1, 0.15) is 5.56 Å². The molecule has 0 bridgehead atoms. The molecule has 0 aliphatic rings. The van der Waals surface area contributed by atoms with Crippen LogP contribution in [0, 0.1) is 6.92 Å². The van der Waals surface area contributed by atoms with Gasteiger partial charge in [0, 0.05) is 0 Å². The predicted octanol–water partition coefficient (Wildman–Crippen LogP) is 2.48. The number of aryl methyl sites for hydroxylation is 1. The quantitative estimate of drug-likeness (QED) is 0.682. The van der Waals surface area contributed by atoms with E-state index in [-0.39, 0.29) is 4.36 Å². The van der Waals surface area contributed by atoms with Crippen molar-refractivity contribution in [3.8, 4) is 0 Å². The van der Waals surface area contributed by atoms with E-state index in [4.69, 9.17) is 0 Å². The van der Waals surface area contributed by atoms with Crippen molar-refractivity contribution in [3.05, 3.63) is 29.8 Å². The van der Waals surface area contributed by atoms with E-state index in [0.717, 1.165) is 0 Å². The Hall–Kier alpha value is 0.245. The molecule has 52 valence electrons. The van der Waals surface area contributed by atoms with Crippen molar-refractivity contribution in [2.75, 3.05) is 0 Å². The molecule has 0 heterocycles. The highest BCUT2D eigenvalue weighted by atomic mass is 79.9. The molecule has 10 heavy (non-hydrogen) atoms. The van der Waals surface area contributed by atoms with E-state index in [1.165, 1.54) is 11.0 Å². The van der Waals surface area contributed by atoms with Crippen molar-refractivity contribution in [1.29, 1.82) is 0 Å². The van der Waals surface area contributed by atoms with E-state index in [1.54, 1.807) is 0 Å². The van der Waals surface area contributed by atoms with Crippen molar-refractivity contribution in [2.24, 2.45) is 0 Å². The Morgan fingerprint density at radius 1 is 1.10 bits per heavy atom. The van der Waals surface area contributed by atoms with Gasteiger partial charge in [0.25, 0.3) is 0 Å². The minimum absolute atomic E-state index is 0.278. The first-order valence-electron chi connectivity index (χ1n) is 3.05. The number of hydrogen-bond donors (Lipinski definition) is 0. The van der Waals surface area contributed by atoms with Gasteiger partial charge in [-0.25, -0.2) is 0 Å². The monoisotopic (exact) mass is 260 g/mol. The molecule has 0 aliphatic carbocycles. The van der Waals surface area contributed by atoms with Gasteiger partial charge < -0.3 is 0 Å². The third-order valence-electron chi connectivity index (χ3n) is 1.33. The van der Waals surface area contributed by atoms with E-state index >= 15 is 0 Å². The summed E-state index contributed by atoms with van der Waals surface area (Å²) in [6.07, 6.45) is 0. The van der Waals surface area contributed by atoms with Crippen molar-refractivity contribution in [1.82, 2.24) is 0 Å². The van der Waals surface area contributed by atoms with Gasteiger partial charge in [0.1, 0.15) is 0 Å². The first kappa shape index (κ1) is 8.34. The van der Waals surface area contributed by atoms with Gasteiger partial charge >= 0.3 is 4.36 Å². The Balaban J connectivity index is 2.89. The molecule has 0 fully saturated rings. The fraction of sp³-hybridized carbons (Fsp3) is 0.143. The van der Waals surface area contributed by atoms with Gasteiger partial charge in [0.2, 0.25) is 0 Å². The van der Waals surface area contributed by atoms with Crippen LogP contribution in [0.4, 0.5) is 0 Å². The molecule has 0 saturated heterocycles. The molecule has 0 nitrogen and oxygen atoms in total. The maximum atomic E-state index is 3.42. The minimum atomic E-state index is 0.278. The van der Waals surface area contributed by atoms with Crippen LogP contribution in [0.3, 0.4) is 0 Å². The summed E-state index contributed by atoms with van der Waals surface area (Å²) < 4.78 is 0.278. The maximum Gasteiger partial charge on any atom is 0.329 e. The van der Waals surface area contributed by atoms with E-state index in [2.05, 4.69) is 62.7 Å². The summed E-state index contributed by atoms with van der Waals surface area (Å²) in [5, 5.41) is 0. The van der Waals surface area contributed by atoms with Crippen LogP contribution in [0.25, 0.3) is 0 Å². The summed E-state index contributed by atoms with van der Waals surface area (Å²) in [7, 11) is 0. The number of hydrogen-bond acceptors (Lipinski definition) is 0. The topological polar surface area (TPSA) is 0 Å². The lowest BCUT2D eigenvalue weighted by atomic mass is 9.94. The average Bonchev–Trinajstić information content (AvgIpc) is 1.88. The molecule has 0 amide bonds. The van der Waals surface area contributed by atoms with E-state index < -0.39 is 0 Å². The average molecular weight is 262 g/mol. The summed E-state index contributed by atoms with van der Waals surface area (Å²) in [4.78, 5) is 0. The van der Waals surface area contributed by atoms with Crippen LogP contribution in [0.5, 0.6) is 0 Å². The van der Waals surface area contributed by atoms with Crippen LogP contribution in [0.2, 0.25) is 0 Å². The zero-order valence-corrected chi connectivity index (χ0v) is 8.81. The highest BCUT2D eigenvalue weighted by molar-refractivity contribution is 9.49. The Bertz CT molecular complexity index is 205. The molecule has 0 radical (unpaired) electrons. The molecule has 0 spiro atoms. The largest absolute Gasteiger partial charge is 0.329 e. The zero-order valence-electron chi connectivity index (χ0n) is 5.64. The first-order valence-corrected chi connectivity index (χ1v) is 4.88. The molecule has 3 heteroatoms. The zero-order chi connectivity index (χ0) is 7.56. The summed E-state index contributed by atoms with van der Waals surface area (Å²) in [6.45, 7) is 2.08. The van der Waals surface area contributed by atoms with Gasteiger partial charge in [-0.1, -0.05) is 35.3 Å². The van der Waals surface area contributed by atoms with Crippen LogP contribution in [0.15, 0.2) is 24.3 Å². The van der Waals surface area contributed by atoms with Gasteiger partial charge in [0.15, 0.2) is 0 Å². The van der Waals surface area contributed by atoms with Crippen LogP contribution in [-0.4, -0.2) is 4.36 Å². The second kappa shape index (κ2) is 3.58. The van der Waals surface area contributed by atoms with Crippen LogP contribution in [-0.2, 0) is 0 Å². The van der Waals surface area contributed by atoms with Crippen molar-refractivity contribution < 1.29 is 0 Å². The van der Waals surface area contributed by atoms with Gasteiger partial charge in [-0.2, -0.15) is 0 Å². The number of halogens is 2. The van der Waals surface area contributed by atoms with Gasteiger partial charge in [-0.05, 0) is 6.92 Å². The van der Waals surface area contributed by atoms with Gasteiger partial charge in [-0.3, -0.25) is 0 Å². The third kappa shape index (κ3) is 2.13. The lowest BCUT2D eigenvalue weighted by molar-refractivity contribution is 1.49. The summed E-state index contributed by atoms with van der Waals surface area (Å²) in [5.74, 6) is 0. The molecule has 0 aromatic heterocycles. The molecule has 0 N–H and O–H groups in total. The summed E-state index contributed by atoms with van der Waals surface area (Å²) in [6, 6.07) is 8.41. The Kier molecular flexibility index (Phi) is 2.99. The van der Waals surface area contributed by atoms with Gasteiger partial charge in [-0.15, -0.1) is 31.5 Å². The molecular formula is C7H7BBr2. The molecule has 1 rings (SSSR count). The molecule has 1 aromatic carbocycles. The molecule has 0 aliphatic heterocycles. The standard InChI is InChI=1S/C7H7BBr2/c1-6-2-4-7(5-3-6)8(9)10/h2-5H,1H3. The Morgan fingerprint density at radius 3 is 2.00 bits per heavy atom. The molecular weight excluding hydrogens is 255 g/mol. The summed E-state index contributed by atoms with van der Waals surface area (Å²) in [5.41, 5.74) is 2.55. The van der Waals surface area contributed by atoms with E-state index in [9.17, 15) is 0 Å².